The van der Waals surface area contributed by atoms with Crippen LogP contribution in [0.1, 0.15) is 16.6 Å². The monoisotopic (exact) mass is 377 g/mol. The van der Waals surface area contributed by atoms with Crippen LogP contribution in [0.3, 0.4) is 0 Å². The molecule has 0 bridgehead atoms. The molecule has 7 heteroatoms. The first-order valence-corrected chi connectivity index (χ1v) is 9.15. The van der Waals surface area contributed by atoms with E-state index >= 15 is 0 Å². The van der Waals surface area contributed by atoms with Crippen LogP contribution in [0.15, 0.2) is 65.8 Å². The molecule has 0 saturated carbocycles. The van der Waals surface area contributed by atoms with Gasteiger partial charge in [0.25, 0.3) is 0 Å². The number of benzene rings is 1. The van der Waals surface area contributed by atoms with Crippen molar-refractivity contribution in [1.29, 1.82) is 0 Å². The second kappa shape index (κ2) is 7.51. The average molecular weight is 377 g/mol. The van der Waals surface area contributed by atoms with Crippen LogP contribution >= 0.6 is 11.3 Å². The Labute approximate surface area is 159 Å². The highest BCUT2D eigenvalue weighted by molar-refractivity contribution is 7.16. The quantitative estimate of drug-likeness (QED) is 0.469. The number of hydrogen-bond donors (Lipinski definition) is 0. The Balaban J connectivity index is 1.78. The molecule has 27 heavy (non-hydrogen) atoms. The standard InChI is InChI=1S/C20H15N3O3S/c1-2-25-20(24)18-11-23-19(27-18)16-8-14(17-10-21-12-26-17)15(9-22-16)13-6-4-3-5-7-13/h3-12H,2H2,1H3. The first-order valence-electron chi connectivity index (χ1n) is 8.34. The number of pyridine rings is 1. The number of esters is 1. The lowest BCUT2D eigenvalue weighted by Gasteiger charge is -2.08. The second-order valence-electron chi connectivity index (χ2n) is 5.60. The van der Waals surface area contributed by atoms with Crippen LogP contribution in [0.5, 0.6) is 0 Å². The Morgan fingerprint density at radius 3 is 2.70 bits per heavy atom. The van der Waals surface area contributed by atoms with E-state index < -0.39 is 0 Å². The normalized spacial score (nSPS) is 10.7. The molecule has 3 aromatic heterocycles. The Morgan fingerprint density at radius 2 is 1.96 bits per heavy atom. The fraction of sp³-hybridized carbons (Fsp3) is 0.100. The van der Waals surface area contributed by atoms with E-state index in [0.717, 1.165) is 16.7 Å². The van der Waals surface area contributed by atoms with E-state index in [1.807, 2.05) is 36.4 Å². The van der Waals surface area contributed by atoms with E-state index in [1.54, 1.807) is 19.3 Å². The second-order valence-corrected chi connectivity index (χ2v) is 6.63. The minimum absolute atomic E-state index is 0.325. The van der Waals surface area contributed by atoms with Gasteiger partial charge in [0.2, 0.25) is 0 Å². The minimum Gasteiger partial charge on any atom is -0.462 e. The van der Waals surface area contributed by atoms with Gasteiger partial charge in [0.15, 0.2) is 12.2 Å². The molecule has 0 atom stereocenters. The van der Waals surface area contributed by atoms with E-state index in [1.165, 1.54) is 23.9 Å². The molecule has 3 heterocycles. The molecule has 134 valence electrons. The summed E-state index contributed by atoms with van der Waals surface area (Å²) in [6, 6.07) is 11.8. The number of thiazole rings is 1. The molecule has 0 saturated heterocycles. The number of nitrogens with zero attached hydrogens (tertiary/aromatic N) is 3. The summed E-state index contributed by atoms with van der Waals surface area (Å²) >= 11 is 1.25. The molecule has 0 aliphatic heterocycles. The lowest BCUT2D eigenvalue weighted by Crippen LogP contribution is -2.01. The molecule has 4 rings (SSSR count). The van der Waals surface area contributed by atoms with Crippen LogP contribution < -0.4 is 0 Å². The van der Waals surface area contributed by atoms with Crippen molar-refractivity contribution >= 4 is 17.3 Å². The molecule has 1 aromatic carbocycles. The molecule has 0 aliphatic rings. The van der Waals surface area contributed by atoms with Gasteiger partial charge in [-0.3, -0.25) is 4.98 Å². The smallest absolute Gasteiger partial charge is 0.349 e. The number of oxazole rings is 1. The zero-order valence-corrected chi connectivity index (χ0v) is 15.3. The van der Waals surface area contributed by atoms with Gasteiger partial charge in [0, 0.05) is 17.3 Å². The van der Waals surface area contributed by atoms with E-state index in [9.17, 15) is 4.79 Å². The number of carbonyl (C=O) groups is 1. The third kappa shape index (κ3) is 3.50. The summed E-state index contributed by atoms with van der Waals surface area (Å²) < 4.78 is 10.5. The van der Waals surface area contributed by atoms with Crippen LogP contribution in [-0.2, 0) is 4.74 Å². The predicted molar refractivity (Wildman–Crippen MR) is 102 cm³/mol. The Hall–Kier alpha value is -3.32. The number of aromatic nitrogens is 3. The number of carbonyl (C=O) groups excluding carboxylic acids is 1. The number of ether oxygens (including phenoxy) is 1. The van der Waals surface area contributed by atoms with Crippen molar-refractivity contribution in [2.45, 2.75) is 6.92 Å². The molecule has 6 nitrogen and oxygen atoms in total. The lowest BCUT2D eigenvalue weighted by molar-refractivity contribution is 0.0532. The van der Waals surface area contributed by atoms with Gasteiger partial charge in [-0.05, 0) is 18.6 Å². The predicted octanol–water partition coefficient (Wildman–Crippen LogP) is 4.70. The zero-order chi connectivity index (χ0) is 18.6. The van der Waals surface area contributed by atoms with Crippen LogP contribution in [0.25, 0.3) is 33.2 Å². The molecule has 0 amide bonds. The van der Waals surface area contributed by atoms with E-state index in [-0.39, 0.29) is 5.97 Å². The highest BCUT2D eigenvalue weighted by Gasteiger charge is 2.17. The SMILES string of the molecule is CCOC(=O)c1cnc(-c2cc(-c3cnco3)c(-c3ccccc3)cn2)s1. The van der Waals surface area contributed by atoms with Gasteiger partial charge in [0.05, 0.1) is 24.7 Å². The topological polar surface area (TPSA) is 78.1 Å². The van der Waals surface area contributed by atoms with E-state index in [2.05, 4.69) is 15.0 Å². The van der Waals surface area contributed by atoms with Crippen molar-refractivity contribution in [3.63, 3.8) is 0 Å². The van der Waals surface area contributed by atoms with Crippen molar-refractivity contribution in [3.8, 4) is 33.2 Å². The highest BCUT2D eigenvalue weighted by atomic mass is 32.1. The summed E-state index contributed by atoms with van der Waals surface area (Å²) in [7, 11) is 0. The van der Waals surface area contributed by atoms with E-state index in [4.69, 9.17) is 9.15 Å². The number of hydrogen-bond acceptors (Lipinski definition) is 7. The van der Waals surface area contributed by atoms with Gasteiger partial charge in [0.1, 0.15) is 9.88 Å². The van der Waals surface area contributed by atoms with Crippen LogP contribution in [0.4, 0.5) is 0 Å². The summed E-state index contributed by atoms with van der Waals surface area (Å²) in [5, 5.41) is 0.637. The molecule has 0 N–H and O–H groups in total. The molecule has 0 aliphatic carbocycles. The third-order valence-corrected chi connectivity index (χ3v) is 4.89. The zero-order valence-electron chi connectivity index (χ0n) is 14.5. The summed E-state index contributed by atoms with van der Waals surface area (Å²) in [6.45, 7) is 2.10. The van der Waals surface area contributed by atoms with Crippen LogP contribution in [-0.4, -0.2) is 27.5 Å². The lowest BCUT2D eigenvalue weighted by atomic mass is 10.00. The van der Waals surface area contributed by atoms with Gasteiger partial charge in [-0.1, -0.05) is 30.3 Å². The molecular weight excluding hydrogens is 362 g/mol. The third-order valence-electron chi connectivity index (χ3n) is 3.89. The molecule has 0 unspecified atom stereocenters. The average Bonchev–Trinajstić information content (AvgIpc) is 3.41. The molecular formula is C20H15N3O3S. The van der Waals surface area contributed by atoms with Gasteiger partial charge >= 0.3 is 5.97 Å². The first kappa shape index (κ1) is 17.1. The van der Waals surface area contributed by atoms with Gasteiger partial charge in [-0.2, -0.15) is 0 Å². The van der Waals surface area contributed by atoms with Crippen molar-refractivity contribution in [2.75, 3.05) is 6.61 Å². The summed E-state index contributed by atoms with van der Waals surface area (Å²) in [6.07, 6.45) is 6.36. The van der Waals surface area contributed by atoms with E-state index in [0.29, 0.717) is 27.9 Å². The van der Waals surface area contributed by atoms with Gasteiger partial charge in [-0.15, -0.1) is 11.3 Å². The Bertz CT molecular complexity index is 1060. The first-order chi connectivity index (χ1) is 13.3. The van der Waals surface area contributed by atoms with Crippen LogP contribution in [0.2, 0.25) is 0 Å². The fourth-order valence-electron chi connectivity index (χ4n) is 2.66. The Kier molecular flexibility index (Phi) is 4.76. The van der Waals surface area contributed by atoms with Crippen molar-refractivity contribution in [1.82, 2.24) is 15.0 Å². The van der Waals surface area contributed by atoms with Crippen LogP contribution in [0, 0.1) is 0 Å². The Morgan fingerprint density at radius 1 is 1.11 bits per heavy atom. The fourth-order valence-corrected chi connectivity index (χ4v) is 3.44. The van der Waals surface area contributed by atoms with Gasteiger partial charge in [-0.25, -0.2) is 14.8 Å². The minimum atomic E-state index is -0.377. The van der Waals surface area contributed by atoms with Crippen molar-refractivity contribution in [2.24, 2.45) is 0 Å². The van der Waals surface area contributed by atoms with Gasteiger partial charge < -0.3 is 9.15 Å². The molecule has 4 aromatic rings. The summed E-state index contributed by atoms with van der Waals surface area (Å²) in [4.78, 5) is 25.2. The van der Waals surface area contributed by atoms with Crippen molar-refractivity contribution < 1.29 is 13.9 Å². The molecule has 0 fully saturated rings. The maximum absolute atomic E-state index is 11.9. The largest absolute Gasteiger partial charge is 0.462 e. The molecule has 0 radical (unpaired) electrons. The highest BCUT2D eigenvalue weighted by Crippen LogP contribution is 2.35. The molecule has 0 spiro atoms. The summed E-state index contributed by atoms with van der Waals surface area (Å²) in [5.74, 6) is 0.261. The number of rotatable bonds is 5. The van der Waals surface area contributed by atoms with Crippen molar-refractivity contribution in [3.05, 3.63) is 66.3 Å². The maximum Gasteiger partial charge on any atom is 0.349 e. The summed E-state index contributed by atoms with van der Waals surface area (Å²) in [5.41, 5.74) is 3.46. The maximum atomic E-state index is 11.9.